The third-order valence-electron chi connectivity index (χ3n) is 4.69. The van der Waals surface area contributed by atoms with Crippen molar-refractivity contribution in [2.45, 2.75) is 12.8 Å². The second-order valence-corrected chi connectivity index (χ2v) is 6.81. The van der Waals surface area contributed by atoms with Crippen LogP contribution in [0.25, 0.3) is 10.8 Å². The lowest BCUT2D eigenvalue weighted by Gasteiger charge is -2.08. The number of amides is 1. The van der Waals surface area contributed by atoms with Crippen LogP contribution in [0.1, 0.15) is 23.2 Å². The highest BCUT2D eigenvalue weighted by atomic mass is 16.5. The van der Waals surface area contributed by atoms with Crippen LogP contribution in [-0.2, 0) is 4.79 Å². The molecular formula is C25H20N2O3. The Labute approximate surface area is 174 Å². The van der Waals surface area contributed by atoms with E-state index in [9.17, 15) is 9.59 Å². The Balaban J connectivity index is 1.33. The second-order valence-electron chi connectivity index (χ2n) is 6.81. The number of hydrogen-bond acceptors (Lipinski definition) is 4. The van der Waals surface area contributed by atoms with Crippen molar-refractivity contribution in [1.29, 1.82) is 0 Å². The number of carbonyl (C=O) groups excluding carboxylic acids is 2. The molecule has 30 heavy (non-hydrogen) atoms. The van der Waals surface area contributed by atoms with E-state index < -0.39 is 0 Å². The van der Waals surface area contributed by atoms with Crippen LogP contribution in [0, 0.1) is 0 Å². The van der Waals surface area contributed by atoms with Crippen LogP contribution in [0.5, 0.6) is 11.5 Å². The molecule has 0 spiro atoms. The molecule has 5 nitrogen and oxygen atoms in total. The van der Waals surface area contributed by atoms with Gasteiger partial charge in [-0.05, 0) is 47.2 Å². The van der Waals surface area contributed by atoms with Crippen molar-refractivity contribution in [2.24, 2.45) is 0 Å². The fourth-order valence-corrected chi connectivity index (χ4v) is 3.20. The van der Waals surface area contributed by atoms with Crippen molar-refractivity contribution in [3.63, 3.8) is 0 Å². The van der Waals surface area contributed by atoms with E-state index >= 15 is 0 Å². The SMILES string of the molecule is O=C(CCC(=O)c1cccc2ccccc12)Nc1ccc(Oc2ccncc2)cc1. The van der Waals surface area contributed by atoms with Gasteiger partial charge in [-0.1, -0.05) is 42.5 Å². The van der Waals surface area contributed by atoms with Gasteiger partial charge in [0.25, 0.3) is 0 Å². The lowest BCUT2D eigenvalue weighted by molar-refractivity contribution is -0.116. The molecule has 1 N–H and O–H groups in total. The second kappa shape index (κ2) is 9.01. The van der Waals surface area contributed by atoms with Gasteiger partial charge in [-0.3, -0.25) is 14.6 Å². The minimum atomic E-state index is -0.202. The zero-order valence-corrected chi connectivity index (χ0v) is 16.2. The third-order valence-corrected chi connectivity index (χ3v) is 4.69. The minimum Gasteiger partial charge on any atom is -0.457 e. The summed E-state index contributed by atoms with van der Waals surface area (Å²) in [4.78, 5) is 28.9. The average Bonchev–Trinajstić information content (AvgIpc) is 2.79. The molecule has 0 aliphatic carbocycles. The van der Waals surface area contributed by atoms with Crippen LogP contribution in [-0.4, -0.2) is 16.7 Å². The van der Waals surface area contributed by atoms with Crippen LogP contribution >= 0.6 is 0 Å². The van der Waals surface area contributed by atoms with Gasteiger partial charge in [0.15, 0.2) is 5.78 Å². The number of benzene rings is 3. The summed E-state index contributed by atoms with van der Waals surface area (Å²) < 4.78 is 5.70. The number of fused-ring (bicyclic) bond motifs is 1. The fourth-order valence-electron chi connectivity index (χ4n) is 3.20. The quantitative estimate of drug-likeness (QED) is 0.411. The van der Waals surface area contributed by atoms with E-state index in [0.29, 0.717) is 22.7 Å². The van der Waals surface area contributed by atoms with Gasteiger partial charge in [0.1, 0.15) is 11.5 Å². The smallest absolute Gasteiger partial charge is 0.224 e. The summed E-state index contributed by atoms with van der Waals surface area (Å²) in [6.07, 6.45) is 3.59. The van der Waals surface area contributed by atoms with Crippen LogP contribution in [0.4, 0.5) is 5.69 Å². The molecule has 0 radical (unpaired) electrons. The van der Waals surface area contributed by atoms with Crippen molar-refractivity contribution in [2.75, 3.05) is 5.32 Å². The number of nitrogens with one attached hydrogen (secondary N) is 1. The standard InChI is InChI=1S/C25H20N2O3/c28-24(23-7-3-5-18-4-1-2-6-22(18)23)12-13-25(29)27-19-8-10-20(11-9-19)30-21-14-16-26-17-15-21/h1-11,14-17H,12-13H2,(H,27,29). The van der Waals surface area contributed by atoms with E-state index in [1.165, 1.54) is 0 Å². The van der Waals surface area contributed by atoms with Gasteiger partial charge in [-0.2, -0.15) is 0 Å². The molecule has 0 aliphatic heterocycles. The van der Waals surface area contributed by atoms with Gasteiger partial charge in [-0.15, -0.1) is 0 Å². The zero-order valence-electron chi connectivity index (χ0n) is 16.2. The molecule has 0 fully saturated rings. The van der Waals surface area contributed by atoms with E-state index in [-0.39, 0.29) is 24.5 Å². The van der Waals surface area contributed by atoms with Gasteiger partial charge in [0.2, 0.25) is 5.91 Å². The van der Waals surface area contributed by atoms with Crippen molar-refractivity contribution >= 4 is 28.2 Å². The lowest BCUT2D eigenvalue weighted by Crippen LogP contribution is -2.13. The van der Waals surface area contributed by atoms with Gasteiger partial charge < -0.3 is 10.1 Å². The van der Waals surface area contributed by atoms with E-state index in [1.54, 1.807) is 48.8 Å². The number of ether oxygens (including phenoxy) is 1. The summed E-state index contributed by atoms with van der Waals surface area (Å²) in [5.41, 5.74) is 1.30. The molecule has 0 bridgehead atoms. The zero-order chi connectivity index (χ0) is 20.8. The number of ketones is 1. The molecule has 0 saturated carbocycles. The van der Waals surface area contributed by atoms with Crippen molar-refractivity contribution in [1.82, 2.24) is 4.98 Å². The number of carbonyl (C=O) groups is 2. The Morgan fingerprint density at radius 2 is 1.47 bits per heavy atom. The van der Waals surface area contributed by atoms with Gasteiger partial charge in [0, 0.05) is 36.5 Å². The monoisotopic (exact) mass is 396 g/mol. The van der Waals surface area contributed by atoms with Crippen molar-refractivity contribution < 1.29 is 14.3 Å². The third kappa shape index (κ3) is 4.70. The van der Waals surface area contributed by atoms with Crippen LogP contribution in [0.3, 0.4) is 0 Å². The maximum atomic E-state index is 12.6. The molecule has 4 rings (SSSR count). The van der Waals surface area contributed by atoms with Gasteiger partial charge in [-0.25, -0.2) is 0 Å². The fraction of sp³-hybridized carbons (Fsp3) is 0.0800. The predicted molar refractivity (Wildman–Crippen MR) is 117 cm³/mol. The molecule has 148 valence electrons. The first-order valence-electron chi connectivity index (χ1n) is 9.68. The number of rotatable bonds is 7. The molecule has 0 aliphatic rings. The number of hydrogen-bond donors (Lipinski definition) is 1. The predicted octanol–water partition coefficient (Wildman–Crippen LogP) is 5.63. The summed E-state index contributed by atoms with van der Waals surface area (Å²) >= 11 is 0. The van der Waals surface area contributed by atoms with Crippen molar-refractivity contribution in [3.8, 4) is 11.5 Å². The topological polar surface area (TPSA) is 68.3 Å². The van der Waals surface area contributed by atoms with Crippen molar-refractivity contribution in [3.05, 3.63) is 96.8 Å². The molecule has 3 aromatic carbocycles. The van der Waals surface area contributed by atoms with Crippen LogP contribution < -0.4 is 10.1 Å². The summed E-state index contributed by atoms with van der Waals surface area (Å²) in [5, 5.41) is 4.75. The molecule has 4 aromatic rings. The number of anilines is 1. The normalized spacial score (nSPS) is 10.5. The molecule has 1 aromatic heterocycles. The van der Waals surface area contributed by atoms with E-state index in [2.05, 4.69) is 10.3 Å². The summed E-state index contributed by atoms with van der Waals surface area (Å²) in [6, 6.07) is 24.0. The first kappa shape index (κ1) is 19.3. The van der Waals surface area contributed by atoms with Crippen LogP contribution in [0.2, 0.25) is 0 Å². The van der Waals surface area contributed by atoms with E-state index in [0.717, 1.165) is 10.8 Å². The number of nitrogens with zero attached hydrogens (tertiary/aromatic N) is 1. The number of aromatic nitrogens is 1. The molecule has 0 unspecified atom stereocenters. The average molecular weight is 396 g/mol. The Morgan fingerprint density at radius 3 is 2.27 bits per heavy atom. The van der Waals surface area contributed by atoms with Gasteiger partial charge >= 0.3 is 0 Å². The highest BCUT2D eigenvalue weighted by Gasteiger charge is 2.12. The first-order chi connectivity index (χ1) is 14.7. The molecule has 5 heteroatoms. The molecule has 0 saturated heterocycles. The van der Waals surface area contributed by atoms with E-state index in [4.69, 9.17) is 4.74 Å². The maximum absolute atomic E-state index is 12.6. The van der Waals surface area contributed by atoms with Gasteiger partial charge in [0.05, 0.1) is 0 Å². The molecular weight excluding hydrogens is 376 g/mol. The molecule has 0 atom stereocenters. The summed E-state index contributed by atoms with van der Waals surface area (Å²) in [6.45, 7) is 0. The Kier molecular flexibility index (Phi) is 5.80. The maximum Gasteiger partial charge on any atom is 0.224 e. The highest BCUT2D eigenvalue weighted by molar-refractivity contribution is 6.09. The molecule has 1 heterocycles. The Morgan fingerprint density at radius 1 is 0.767 bits per heavy atom. The number of Topliss-reactive ketones (excluding diaryl/α,β-unsaturated/α-hetero) is 1. The van der Waals surface area contributed by atoms with E-state index in [1.807, 2.05) is 42.5 Å². The van der Waals surface area contributed by atoms with Crippen LogP contribution in [0.15, 0.2) is 91.3 Å². The first-order valence-corrected chi connectivity index (χ1v) is 9.68. The largest absolute Gasteiger partial charge is 0.457 e. The highest BCUT2D eigenvalue weighted by Crippen LogP contribution is 2.23. The minimum absolute atomic E-state index is 0.0388. The Hall–Kier alpha value is -3.99. The lowest BCUT2D eigenvalue weighted by atomic mass is 9.99. The summed E-state index contributed by atoms with van der Waals surface area (Å²) in [5.74, 6) is 1.11. The molecule has 1 amide bonds. The Bertz CT molecular complexity index is 1170. The number of pyridine rings is 1. The summed E-state index contributed by atoms with van der Waals surface area (Å²) in [7, 11) is 0.